The van der Waals surface area contributed by atoms with E-state index in [9.17, 15) is 9.18 Å². The first-order valence-electron chi connectivity index (χ1n) is 14.6. The van der Waals surface area contributed by atoms with Crippen molar-refractivity contribution in [3.63, 3.8) is 0 Å². The van der Waals surface area contributed by atoms with E-state index in [0.29, 0.717) is 41.7 Å². The van der Waals surface area contributed by atoms with Crippen LogP contribution in [0, 0.1) is 5.82 Å². The molecule has 0 radical (unpaired) electrons. The first kappa shape index (κ1) is 27.5. The number of nitrogens with zero attached hydrogens (tertiary/aromatic N) is 5. The lowest BCUT2D eigenvalue weighted by atomic mass is 9.93. The van der Waals surface area contributed by atoms with Crippen LogP contribution in [0.3, 0.4) is 0 Å². The summed E-state index contributed by atoms with van der Waals surface area (Å²) >= 11 is 0. The zero-order valence-corrected chi connectivity index (χ0v) is 23.9. The molecule has 2 saturated heterocycles. The van der Waals surface area contributed by atoms with Crippen molar-refractivity contribution in [1.29, 1.82) is 0 Å². The molecule has 1 aromatic carbocycles. The van der Waals surface area contributed by atoms with Gasteiger partial charge in [-0.2, -0.15) is 0 Å². The Morgan fingerprint density at radius 3 is 2.72 bits per heavy atom. The van der Waals surface area contributed by atoms with E-state index in [-0.39, 0.29) is 24.2 Å². The monoisotopic (exact) mass is 585 g/mol. The molecule has 0 bridgehead atoms. The molecule has 0 amide bonds. The standard InChI is InChI=1S/C32H32FN5O5/c1-40-32(39)27-6-5-26-31(36-27)38(17-23-10-14-41-23)29(34-26)18-37-11-7-20(8-12-37)25-3-2-4-30(35-25)43-19-22-15-21-9-13-42-28(21)16-24(22)33/h2-6,9,13,15-16,20,23H,7-8,10-12,14,17-19H2,1H3/t23-/m0/s1. The van der Waals surface area contributed by atoms with Crippen LogP contribution in [-0.4, -0.2) is 63.3 Å². The van der Waals surface area contributed by atoms with Gasteiger partial charge in [0, 0.05) is 41.3 Å². The fraction of sp³-hybridized carbons (Fsp3) is 0.375. The smallest absolute Gasteiger partial charge is 0.356 e. The van der Waals surface area contributed by atoms with E-state index in [1.165, 1.54) is 13.2 Å². The number of furan rings is 1. The molecule has 222 valence electrons. The Balaban J connectivity index is 1.01. The van der Waals surface area contributed by atoms with Gasteiger partial charge in [0.1, 0.15) is 29.3 Å². The molecule has 6 heterocycles. The molecule has 2 aliphatic rings. The third-order valence-corrected chi connectivity index (χ3v) is 8.36. The second kappa shape index (κ2) is 11.7. The number of carbonyl (C=O) groups excluding carboxylic acids is 1. The minimum absolute atomic E-state index is 0.0880. The number of fused-ring (bicyclic) bond motifs is 2. The number of imidazole rings is 1. The van der Waals surface area contributed by atoms with Gasteiger partial charge in [-0.15, -0.1) is 0 Å². The van der Waals surface area contributed by atoms with Gasteiger partial charge in [-0.1, -0.05) is 6.07 Å². The molecule has 2 aliphatic heterocycles. The summed E-state index contributed by atoms with van der Waals surface area (Å²) in [6.07, 6.45) is 4.55. The zero-order valence-electron chi connectivity index (χ0n) is 23.9. The van der Waals surface area contributed by atoms with E-state index in [2.05, 4.69) is 14.5 Å². The van der Waals surface area contributed by atoms with Crippen molar-refractivity contribution in [2.75, 3.05) is 26.8 Å². The Labute approximate surface area is 247 Å². The summed E-state index contributed by atoms with van der Waals surface area (Å²) < 4.78 is 38.3. The van der Waals surface area contributed by atoms with E-state index in [4.69, 9.17) is 28.6 Å². The minimum Gasteiger partial charge on any atom is -0.473 e. The number of rotatable bonds is 9. The Kier molecular flexibility index (Phi) is 7.50. The number of piperidine rings is 1. The highest BCUT2D eigenvalue weighted by Crippen LogP contribution is 2.30. The van der Waals surface area contributed by atoms with Gasteiger partial charge in [-0.3, -0.25) is 4.90 Å². The predicted octanol–water partition coefficient (Wildman–Crippen LogP) is 5.25. The van der Waals surface area contributed by atoms with Crippen LogP contribution in [0.2, 0.25) is 0 Å². The Morgan fingerprint density at radius 2 is 1.93 bits per heavy atom. The van der Waals surface area contributed by atoms with Gasteiger partial charge in [0.05, 0.1) is 32.6 Å². The van der Waals surface area contributed by atoms with Crippen molar-refractivity contribution >= 4 is 28.1 Å². The molecule has 43 heavy (non-hydrogen) atoms. The fourth-order valence-electron chi connectivity index (χ4n) is 5.83. The molecule has 0 spiro atoms. The van der Waals surface area contributed by atoms with Gasteiger partial charge in [0.15, 0.2) is 11.3 Å². The van der Waals surface area contributed by atoms with Gasteiger partial charge >= 0.3 is 5.97 Å². The summed E-state index contributed by atoms with van der Waals surface area (Å²) in [5, 5.41) is 0.836. The van der Waals surface area contributed by atoms with Gasteiger partial charge in [-0.25, -0.2) is 24.1 Å². The summed E-state index contributed by atoms with van der Waals surface area (Å²) in [4.78, 5) is 28.8. The summed E-state index contributed by atoms with van der Waals surface area (Å²) in [6.45, 7) is 3.95. The number of likely N-dealkylation sites (tertiary alicyclic amines) is 1. The van der Waals surface area contributed by atoms with E-state index in [0.717, 1.165) is 61.4 Å². The maximum Gasteiger partial charge on any atom is 0.356 e. The highest BCUT2D eigenvalue weighted by molar-refractivity contribution is 5.89. The average Bonchev–Trinajstić information content (AvgIpc) is 3.60. The second-order valence-electron chi connectivity index (χ2n) is 11.1. The number of halogens is 1. The highest BCUT2D eigenvalue weighted by Gasteiger charge is 2.27. The summed E-state index contributed by atoms with van der Waals surface area (Å²) in [5.41, 5.74) is 3.65. The molecule has 2 fully saturated rings. The summed E-state index contributed by atoms with van der Waals surface area (Å²) in [7, 11) is 1.35. The van der Waals surface area contributed by atoms with E-state index < -0.39 is 5.97 Å². The van der Waals surface area contributed by atoms with Crippen molar-refractivity contribution < 1.29 is 27.8 Å². The van der Waals surface area contributed by atoms with Crippen LogP contribution in [0.15, 0.2) is 59.2 Å². The number of hydrogen-bond donors (Lipinski definition) is 0. The maximum absolute atomic E-state index is 14.5. The Hall–Kier alpha value is -4.35. The quantitative estimate of drug-likeness (QED) is 0.215. The number of methoxy groups -OCH3 is 1. The molecule has 0 aliphatic carbocycles. The van der Waals surface area contributed by atoms with Crippen molar-refractivity contribution in [1.82, 2.24) is 24.4 Å². The molecular formula is C32H32FN5O5. The molecule has 4 aromatic heterocycles. The van der Waals surface area contributed by atoms with Crippen LogP contribution in [0.5, 0.6) is 5.88 Å². The zero-order chi connectivity index (χ0) is 29.3. The molecule has 1 atom stereocenters. The first-order valence-corrected chi connectivity index (χ1v) is 14.6. The van der Waals surface area contributed by atoms with Crippen LogP contribution in [0.4, 0.5) is 4.39 Å². The molecule has 10 nitrogen and oxygen atoms in total. The Morgan fingerprint density at radius 1 is 1.07 bits per heavy atom. The predicted molar refractivity (Wildman–Crippen MR) is 155 cm³/mol. The van der Waals surface area contributed by atoms with Gasteiger partial charge in [0.2, 0.25) is 5.88 Å². The van der Waals surface area contributed by atoms with Crippen molar-refractivity contribution in [3.8, 4) is 5.88 Å². The van der Waals surface area contributed by atoms with Crippen LogP contribution in [0.1, 0.15) is 52.8 Å². The third-order valence-electron chi connectivity index (χ3n) is 8.36. The lowest BCUT2D eigenvalue weighted by Gasteiger charge is -2.32. The number of pyridine rings is 2. The van der Waals surface area contributed by atoms with E-state index in [1.807, 2.05) is 24.3 Å². The number of benzene rings is 1. The maximum atomic E-state index is 14.5. The van der Waals surface area contributed by atoms with Crippen molar-refractivity contribution in [3.05, 3.63) is 83.4 Å². The fourth-order valence-corrected chi connectivity index (χ4v) is 5.83. The highest BCUT2D eigenvalue weighted by atomic mass is 19.1. The van der Waals surface area contributed by atoms with Crippen molar-refractivity contribution in [2.45, 2.75) is 51.0 Å². The summed E-state index contributed by atoms with van der Waals surface area (Å²) in [5.74, 6) is 0.860. The SMILES string of the molecule is COC(=O)c1ccc2nc(CN3CCC(c4cccc(OCc5cc6ccoc6cc5F)n4)CC3)n(C[C@@H]3CCO3)c2n1. The third kappa shape index (κ3) is 5.70. The number of esters is 1. The minimum atomic E-state index is -0.468. The number of aromatic nitrogens is 4. The van der Waals surface area contributed by atoms with Crippen LogP contribution in [0.25, 0.3) is 22.1 Å². The lowest BCUT2D eigenvalue weighted by molar-refractivity contribution is -0.0593. The normalized spacial score (nSPS) is 17.8. The van der Waals surface area contributed by atoms with Crippen molar-refractivity contribution in [2.24, 2.45) is 0 Å². The molecule has 11 heteroatoms. The van der Waals surface area contributed by atoms with Crippen LogP contribution >= 0.6 is 0 Å². The van der Waals surface area contributed by atoms with E-state index in [1.54, 1.807) is 24.5 Å². The van der Waals surface area contributed by atoms with E-state index >= 15 is 0 Å². The molecule has 7 rings (SSSR count). The number of ether oxygens (including phenoxy) is 3. The van der Waals surface area contributed by atoms with Gasteiger partial charge in [0.25, 0.3) is 0 Å². The lowest BCUT2D eigenvalue weighted by Crippen LogP contribution is -2.35. The number of carbonyl (C=O) groups is 1. The molecule has 5 aromatic rings. The molecule has 0 unspecified atom stereocenters. The topological polar surface area (TPSA) is 105 Å². The first-order chi connectivity index (χ1) is 21.0. The van der Waals surface area contributed by atoms with Gasteiger partial charge < -0.3 is 23.2 Å². The average molecular weight is 586 g/mol. The second-order valence-corrected chi connectivity index (χ2v) is 11.1. The Bertz CT molecular complexity index is 1770. The molecule has 0 N–H and O–H groups in total. The van der Waals surface area contributed by atoms with Crippen LogP contribution in [-0.2, 0) is 29.2 Å². The number of hydrogen-bond acceptors (Lipinski definition) is 9. The van der Waals surface area contributed by atoms with Gasteiger partial charge in [-0.05, 0) is 62.7 Å². The molecular weight excluding hydrogens is 553 g/mol. The summed E-state index contributed by atoms with van der Waals surface area (Å²) in [6, 6.07) is 14.2. The largest absolute Gasteiger partial charge is 0.473 e. The molecule has 0 saturated carbocycles. The van der Waals surface area contributed by atoms with Crippen LogP contribution < -0.4 is 4.74 Å².